The molecule has 2 aromatic rings. The average molecular weight is 337 g/mol. The Kier molecular flexibility index (Phi) is 6.50. The maximum absolute atomic E-state index is 12.6. The average Bonchev–Trinajstić information content (AvgIpc) is 2.86. The molecule has 0 saturated carbocycles. The van der Waals surface area contributed by atoms with Gasteiger partial charge in [0.15, 0.2) is 5.76 Å². The molecule has 1 fully saturated rings. The lowest BCUT2D eigenvalue weighted by Crippen LogP contribution is -2.34. The van der Waals surface area contributed by atoms with Crippen LogP contribution in [0.1, 0.15) is 22.5 Å². The highest BCUT2D eigenvalue weighted by Gasteiger charge is 2.23. The summed E-state index contributed by atoms with van der Waals surface area (Å²) in [5.41, 5.74) is 0.783. The molecule has 23 heavy (non-hydrogen) atoms. The molecule has 6 heteroatoms. The van der Waals surface area contributed by atoms with Crippen LogP contribution in [0.2, 0.25) is 0 Å². The van der Waals surface area contributed by atoms with Gasteiger partial charge in [0.2, 0.25) is 0 Å². The molecule has 0 spiro atoms. The molecule has 0 aliphatic carbocycles. The molecule has 2 heterocycles. The molecule has 5 nitrogen and oxygen atoms in total. The first-order valence-electron chi connectivity index (χ1n) is 7.59. The number of amides is 1. The summed E-state index contributed by atoms with van der Waals surface area (Å²) in [4.78, 5) is 14.4. The van der Waals surface area contributed by atoms with Crippen LogP contribution in [-0.2, 0) is 6.61 Å². The van der Waals surface area contributed by atoms with Gasteiger partial charge < -0.3 is 19.4 Å². The first kappa shape index (κ1) is 17.4. The van der Waals surface area contributed by atoms with Crippen LogP contribution in [-0.4, -0.2) is 37.0 Å². The molecule has 1 aliphatic heterocycles. The molecule has 1 N–H and O–H groups in total. The molecular formula is C17H21ClN2O3. The van der Waals surface area contributed by atoms with Gasteiger partial charge in [0.25, 0.3) is 5.91 Å². The number of halogens is 1. The lowest BCUT2D eigenvalue weighted by molar-refractivity contribution is 0.0730. The Hall–Kier alpha value is -1.98. The summed E-state index contributed by atoms with van der Waals surface area (Å²) in [5.74, 6) is 1.11. The number of para-hydroxylation sites is 1. The second-order valence-electron chi connectivity index (χ2n) is 5.27. The van der Waals surface area contributed by atoms with Crippen molar-refractivity contribution in [3.05, 3.63) is 54.0 Å². The second kappa shape index (κ2) is 8.60. The lowest BCUT2D eigenvalue weighted by atomic mass is 10.2. The minimum Gasteiger partial charge on any atom is -0.489 e. The lowest BCUT2D eigenvalue weighted by Gasteiger charge is -2.19. The summed E-state index contributed by atoms with van der Waals surface area (Å²) in [5, 5.41) is 3.29. The summed E-state index contributed by atoms with van der Waals surface area (Å²) in [6.07, 6.45) is 2.51. The number of nitrogens with zero attached hydrogens (tertiary/aromatic N) is 1. The van der Waals surface area contributed by atoms with E-state index in [0.717, 1.165) is 37.4 Å². The first-order chi connectivity index (χ1) is 10.8. The van der Waals surface area contributed by atoms with E-state index in [4.69, 9.17) is 9.15 Å². The van der Waals surface area contributed by atoms with Gasteiger partial charge in [-0.2, -0.15) is 0 Å². The zero-order chi connectivity index (χ0) is 15.2. The van der Waals surface area contributed by atoms with E-state index in [0.29, 0.717) is 18.9 Å². The molecule has 1 aliphatic rings. The minimum absolute atomic E-state index is 0. The van der Waals surface area contributed by atoms with Crippen LogP contribution in [0.25, 0.3) is 0 Å². The van der Waals surface area contributed by atoms with Gasteiger partial charge in [-0.1, -0.05) is 18.2 Å². The van der Waals surface area contributed by atoms with E-state index >= 15 is 0 Å². The van der Waals surface area contributed by atoms with Crippen LogP contribution in [0.5, 0.6) is 5.75 Å². The van der Waals surface area contributed by atoms with Gasteiger partial charge in [-0.3, -0.25) is 4.79 Å². The monoisotopic (exact) mass is 336 g/mol. The molecule has 124 valence electrons. The van der Waals surface area contributed by atoms with Crippen LogP contribution in [0.3, 0.4) is 0 Å². The smallest absolute Gasteiger partial charge is 0.290 e. The maximum Gasteiger partial charge on any atom is 0.290 e. The predicted octanol–water partition coefficient (Wildman–Crippen LogP) is 2.72. The highest BCUT2D eigenvalue weighted by Crippen LogP contribution is 2.17. The molecule has 1 aromatic heterocycles. The fourth-order valence-electron chi connectivity index (χ4n) is 2.51. The van der Waals surface area contributed by atoms with Crippen molar-refractivity contribution in [2.24, 2.45) is 0 Å². The molecule has 1 saturated heterocycles. The summed E-state index contributed by atoms with van der Waals surface area (Å²) < 4.78 is 11.1. The SMILES string of the molecule is Cl.O=C(c1occc1COc1ccccc1)N1CCCNCC1. The minimum atomic E-state index is -0.0552. The highest BCUT2D eigenvalue weighted by atomic mass is 35.5. The topological polar surface area (TPSA) is 54.7 Å². The Bertz CT molecular complexity index is 607. The molecule has 0 radical (unpaired) electrons. The van der Waals surface area contributed by atoms with Gasteiger partial charge in [0.1, 0.15) is 12.4 Å². The summed E-state index contributed by atoms with van der Waals surface area (Å²) >= 11 is 0. The van der Waals surface area contributed by atoms with Crippen molar-refractivity contribution in [2.45, 2.75) is 13.0 Å². The van der Waals surface area contributed by atoms with Crippen molar-refractivity contribution < 1.29 is 13.9 Å². The number of benzene rings is 1. The summed E-state index contributed by atoms with van der Waals surface area (Å²) in [6.45, 7) is 3.56. The maximum atomic E-state index is 12.6. The van der Waals surface area contributed by atoms with Crippen LogP contribution in [0.4, 0.5) is 0 Å². The van der Waals surface area contributed by atoms with Gasteiger partial charge in [-0.15, -0.1) is 12.4 Å². The Morgan fingerprint density at radius 3 is 2.83 bits per heavy atom. The third kappa shape index (κ3) is 4.50. The third-order valence-corrected chi connectivity index (χ3v) is 3.71. The van der Waals surface area contributed by atoms with E-state index in [1.54, 1.807) is 12.3 Å². The first-order valence-corrected chi connectivity index (χ1v) is 7.59. The van der Waals surface area contributed by atoms with E-state index in [-0.39, 0.29) is 18.3 Å². The predicted molar refractivity (Wildman–Crippen MR) is 90.1 cm³/mol. The second-order valence-corrected chi connectivity index (χ2v) is 5.27. The van der Waals surface area contributed by atoms with Gasteiger partial charge >= 0.3 is 0 Å². The van der Waals surface area contributed by atoms with Gasteiger partial charge in [-0.05, 0) is 31.2 Å². The normalized spacial score (nSPS) is 14.7. The number of nitrogens with one attached hydrogen (secondary N) is 1. The van der Waals surface area contributed by atoms with Crippen LogP contribution in [0.15, 0.2) is 47.1 Å². The Morgan fingerprint density at radius 1 is 1.17 bits per heavy atom. The zero-order valence-electron chi connectivity index (χ0n) is 12.9. The Labute approximate surface area is 142 Å². The number of furan rings is 1. The molecule has 1 amide bonds. The molecule has 0 atom stereocenters. The van der Waals surface area contributed by atoms with Crippen molar-refractivity contribution in [1.29, 1.82) is 0 Å². The number of carbonyl (C=O) groups is 1. The van der Waals surface area contributed by atoms with Gasteiger partial charge in [0.05, 0.1) is 6.26 Å². The Morgan fingerprint density at radius 2 is 2.00 bits per heavy atom. The summed E-state index contributed by atoms with van der Waals surface area (Å²) in [7, 11) is 0. The van der Waals surface area contributed by atoms with Crippen LogP contribution >= 0.6 is 12.4 Å². The molecule has 0 unspecified atom stereocenters. The molecule has 3 rings (SSSR count). The highest BCUT2D eigenvalue weighted by molar-refractivity contribution is 5.93. The van der Waals surface area contributed by atoms with Crippen molar-refractivity contribution >= 4 is 18.3 Å². The quantitative estimate of drug-likeness (QED) is 0.932. The Balaban J connectivity index is 0.00000192. The van der Waals surface area contributed by atoms with Crippen molar-refractivity contribution in [3.8, 4) is 5.75 Å². The van der Waals surface area contributed by atoms with E-state index in [9.17, 15) is 4.79 Å². The fourth-order valence-corrected chi connectivity index (χ4v) is 2.51. The number of hydrogen-bond donors (Lipinski definition) is 1. The third-order valence-electron chi connectivity index (χ3n) is 3.71. The zero-order valence-corrected chi connectivity index (χ0v) is 13.7. The number of ether oxygens (including phenoxy) is 1. The number of rotatable bonds is 4. The molecule has 0 bridgehead atoms. The summed E-state index contributed by atoms with van der Waals surface area (Å²) in [6, 6.07) is 11.4. The van der Waals surface area contributed by atoms with Crippen molar-refractivity contribution in [2.75, 3.05) is 26.2 Å². The van der Waals surface area contributed by atoms with Crippen LogP contribution < -0.4 is 10.1 Å². The molecule has 1 aromatic carbocycles. The molecular weight excluding hydrogens is 316 g/mol. The van der Waals surface area contributed by atoms with Crippen molar-refractivity contribution in [1.82, 2.24) is 10.2 Å². The largest absolute Gasteiger partial charge is 0.489 e. The van der Waals surface area contributed by atoms with Crippen molar-refractivity contribution in [3.63, 3.8) is 0 Å². The fraction of sp³-hybridized carbons (Fsp3) is 0.353. The van der Waals surface area contributed by atoms with Gasteiger partial charge in [0, 0.05) is 25.2 Å². The van der Waals surface area contributed by atoms with E-state index in [1.807, 2.05) is 35.2 Å². The van der Waals surface area contributed by atoms with E-state index in [2.05, 4.69) is 5.32 Å². The van der Waals surface area contributed by atoms with E-state index in [1.165, 1.54) is 0 Å². The van der Waals surface area contributed by atoms with E-state index < -0.39 is 0 Å². The van der Waals surface area contributed by atoms with Crippen LogP contribution in [0, 0.1) is 0 Å². The standard InChI is InChI=1S/C17H20N2O3.ClH/c20-17(19-10-4-8-18-9-11-19)16-14(7-12-21-16)13-22-15-5-2-1-3-6-15;/h1-3,5-7,12,18H,4,8-11,13H2;1H. The number of carbonyl (C=O) groups excluding carboxylic acids is 1. The van der Waals surface area contributed by atoms with Gasteiger partial charge in [-0.25, -0.2) is 0 Å². The number of hydrogen-bond acceptors (Lipinski definition) is 4.